The first-order valence-corrected chi connectivity index (χ1v) is 7.24. The van der Waals surface area contributed by atoms with Crippen LogP contribution in [-0.4, -0.2) is 13.2 Å². The highest BCUT2D eigenvalue weighted by molar-refractivity contribution is 9.10. The van der Waals surface area contributed by atoms with Gasteiger partial charge in [-0.15, -0.1) is 6.58 Å². The van der Waals surface area contributed by atoms with E-state index in [4.69, 9.17) is 4.74 Å². The number of hydrogen-bond donors (Lipinski definition) is 1. The van der Waals surface area contributed by atoms with Crippen LogP contribution in [0.2, 0.25) is 0 Å². The number of hydrogen-bond acceptors (Lipinski definition) is 2. The van der Waals surface area contributed by atoms with Gasteiger partial charge in [-0.1, -0.05) is 28.9 Å². The Morgan fingerprint density at radius 3 is 2.94 bits per heavy atom. The van der Waals surface area contributed by atoms with E-state index in [1.165, 1.54) is 5.56 Å². The van der Waals surface area contributed by atoms with Crippen LogP contribution in [0.1, 0.15) is 38.3 Å². The highest BCUT2D eigenvalue weighted by atomic mass is 79.9. The molecule has 0 aliphatic heterocycles. The van der Waals surface area contributed by atoms with Crippen LogP contribution in [0, 0.1) is 0 Å². The highest BCUT2D eigenvalue weighted by Gasteiger charge is 2.11. The van der Waals surface area contributed by atoms with Gasteiger partial charge in [-0.3, -0.25) is 0 Å². The molecule has 1 N–H and O–H groups in total. The van der Waals surface area contributed by atoms with E-state index in [0.717, 1.165) is 36.2 Å². The van der Waals surface area contributed by atoms with Gasteiger partial charge in [-0.05, 0) is 44.5 Å². The highest BCUT2D eigenvalue weighted by Crippen LogP contribution is 2.28. The maximum Gasteiger partial charge on any atom is 0.124 e. The molecular formula is C15H22BrNO. The van der Waals surface area contributed by atoms with Gasteiger partial charge in [0.1, 0.15) is 5.75 Å². The Hall–Kier alpha value is -0.800. The zero-order valence-corrected chi connectivity index (χ0v) is 12.8. The van der Waals surface area contributed by atoms with Crippen molar-refractivity contribution >= 4 is 15.9 Å². The molecule has 0 bridgehead atoms. The number of benzene rings is 1. The fourth-order valence-electron chi connectivity index (χ4n) is 1.82. The van der Waals surface area contributed by atoms with Crippen LogP contribution in [0.15, 0.2) is 35.3 Å². The van der Waals surface area contributed by atoms with Crippen molar-refractivity contribution < 1.29 is 4.74 Å². The van der Waals surface area contributed by atoms with Crippen molar-refractivity contribution in [3.05, 3.63) is 40.9 Å². The lowest BCUT2D eigenvalue weighted by atomic mass is 10.1. The van der Waals surface area contributed by atoms with Gasteiger partial charge in [0.15, 0.2) is 0 Å². The molecule has 0 fully saturated rings. The summed E-state index contributed by atoms with van der Waals surface area (Å²) in [4.78, 5) is 0. The quantitative estimate of drug-likeness (QED) is 0.565. The van der Waals surface area contributed by atoms with Gasteiger partial charge < -0.3 is 10.1 Å². The fourth-order valence-corrected chi connectivity index (χ4v) is 2.19. The molecule has 0 aliphatic rings. The Bertz CT molecular complexity index is 379. The van der Waals surface area contributed by atoms with Crippen molar-refractivity contribution in [3.63, 3.8) is 0 Å². The molecule has 18 heavy (non-hydrogen) atoms. The standard InChI is InChI=1S/C15H22BrNO/c1-4-6-7-10-18-15-9-8-13(16)11-14(15)12(3)17-5-2/h4,8-9,11-12,17H,1,5-7,10H2,2-3H3. The summed E-state index contributed by atoms with van der Waals surface area (Å²) in [7, 11) is 0. The number of unbranched alkanes of at least 4 members (excludes halogenated alkanes) is 1. The topological polar surface area (TPSA) is 21.3 Å². The van der Waals surface area contributed by atoms with E-state index in [1.54, 1.807) is 0 Å². The van der Waals surface area contributed by atoms with Gasteiger partial charge in [-0.2, -0.15) is 0 Å². The third-order valence-corrected chi connectivity index (χ3v) is 3.25. The molecule has 1 aromatic rings. The first kappa shape index (κ1) is 15.3. The van der Waals surface area contributed by atoms with Gasteiger partial charge in [-0.25, -0.2) is 0 Å². The lowest BCUT2D eigenvalue weighted by Crippen LogP contribution is -2.18. The Labute approximate surface area is 119 Å². The lowest BCUT2D eigenvalue weighted by molar-refractivity contribution is 0.306. The number of nitrogens with one attached hydrogen (secondary N) is 1. The summed E-state index contributed by atoms with van der Waals surface area (Å²) < 4.78 is 6.94. The second-order valence-corrected chi connectivity index (χ2v) is 5.16. The molecule has 1 unspecified atom stereocenters. The minimum atomic E-state index is 0.293. The van der Waals surface area contributed by atoms with E-state index in [1.807, 2.05) is 18.2 Å². The van der Waals surface area contributed by atoms with Crippen LogP contribution >= 0.6 is 15.9 Å². The minimum absolute atomic E-state index is 0.293. The molecule has 3 heteroatoms. The lowest BCUT2D eigenvalue weighted by Gasteiger charge is -2.18. The van der Waals surface area contributed by atoms with E-state index in [9.17, 15) is 0 Å². The van der Waals surface area contributed by atoms with Crippen molar-refractivity contribution in [2.24, 2.45) is 0 Å². The van der Waals surface area contributed by atoms with Crippen molar-refractivity contribution in [2.75, 3.05) is 13.2 Å². The molecule has 0 spiro atoms. The maximum atomic E-state index is 5.85. The fraction of sp³-hybridized carbons (Fsp3) is 0.467. The van der Waals surface area contributed by atoms with Gasteiger partial charge in [0.05, 0.1) is 6.61 Å². The van der Waals surface area contributed by atoms with Gasteiger partial charge in [0.2, 0.25) is 0 Å². The first-order chi connectivity index (χ1) is 8.69. The van der Waals surface area contributed by atoms with Crippen molar-refractivity contribution in [1.29, 1.82) is 0 Å². The molecule has 2 nitrogen and oxygen atoms in total. The Balaban J connectivity index is 2.72. The largest absolute Gasteiger partial charge is 0.493 e. The SMILES string of the molecule is C=CCCCOc1ccc(Br)cc1C(C)NCC. The normalized spacial score (nSPS) is 12.2. The molecule has 1 rings (SSSR count). The van der Waals surface area contributed by atoms with Gasteiger partial charge in [0, 0.05) is 16.1 Å². The van der Waals surface area contributed by atoms with Gasteiger partial charge in [0.25, 0.3) is 0 Å². The van der Waals surface area contributed by atoms with E-state index < -0.39 is 0 Å². The molecule has 0 saturated carbocycles. The molecule has 0 radical (unpaired) electrons. The summed E-state index contributed by atoms with van der Waals surface area (Å²) in [6, 6.07) is 6.46. The average Bonchev–Trinajstić information content (AvgIpc) is 2.36. The molecule has 0 heterocycles. The summed E-state index contributed by atoms with van der Waals surface area (Å²) in [5.74, 6) is 0.968. The summed E-state index contributed by atoms with van der Waals surface area (Å²) >= 11 is 3.51. The predicted octanol–water partition coefficient (Wildman–Crippen LogP) is 4.46. The average molecular weight is 312 g/mol. The summed E-state index contributed by atoms with van der Waals surface area (Å²) in [5.41, 5.74) is 1.20. The Morgan fingerprint density at radius 1 is 1.50 bits per heavy atom. The smallest absolute Gasteiger partial charge is 0.124 e. The number of ether oxygens (including phenoxy) is 1. The molecule has 0 aliphatic carbocycles. The second kappa shape index (κ2) is 8.33. The summed E-state index contributed by atoms with van der Waals surface area (Å²) in [6.45, 7) is 9.66. The van der Waals surface area contributed by atoms with Crippen LogP contribution in [-0.2, 0) is 0 Å². The van der Waals surface area contributed by atoms with Gasteiger partial charge >= 0.3 is 0 Å². The Morgan fingerprint density at radius 2 is 2.28 bits per heavy atom. The number of allylic oxidation sites excluding steroid dienone is 1. The Kier molecular flexibility index (Phi) is 7.06. The van der Waals surface area contributed by atoms with E-state index in [2.05, 4.69) is 47.7 Å². The van der Waals surface area contributed by atoms with E-state index in [-0.39, 0.29) is 0 Å². The predicted molar refractivity (Wildman–Crippen MR) is 81.2 cm³/mol. The zero-order chi connectivity index (χ0) is 13.4. The number of rotatable bonds is 8. The third kappa shape index (κ3) is 4.83. The van der Waals surface area contributed by atoms with Crippen molar-refractivity contribution in [1.82, 2.24) is 5.32 Å². The maximum absolute atomic E-state index is 5.85. The monoisotopic (exact) mass is 311 g/mol. The van der Waals surface area contributed by atoms with E-state index in [0.29, 0.717) is 6.04 Å². The van der Waals surface area contributed by atoms with E-state index >= 15 is 0 Å². The van der Waals surface area contributed by atoms with Crippen LogP contribution in [0.5, 0.6) is 5.75 Å². The summed E-state index contributed by atoms with van der Waals surface area (Å²) in [6.07, 6.45) is 3.93. The molecular weight excluding hydrogens is 290 g/mol. The molecule has 1 aromatic carbocycles. The molecule has 100 valence electrons. The molecule has 0 saturated heterocycles. The molecule has 0 amide bonds. The molecule has 0 aromatic heterocycles. The van der Waals surface area contributed by atoms with Crippen LogP contribution in [0.4, 0.5) is 0 Å². The third-order valence-electron chi connectivity index (χ3n) is 2.76. The molecule has 1 atom stereocenters. The number of halogens is 1. The van der Waals surface area contributed by atoms with Crippen LogP contribution in [0.3, 0.4) is 0 Å². The minimum Gasteiger partial charge on any atom is -0.493 e. The second-order valence-electron chi connectivity index (χ2n) is 4.24. The summed E-state index contributed by atoms with van der Waals surface area (Å²) in [5, 5.41) is 3.41. The van der Waals surface area contributed by atoms with Crippen molar-refractivity contribution in [3.8, 4) is 5.75 Å². The zero-order valence-electron chi connectivity index (χ0n) is 11.2. The van der Waals surface area contributed by atoms with Crippen LogP contribution in [0.25, 0.3) is 0 Å². The van der Waals surface area contributed by atoms with Crippen molar-refractivity contribution in [2.45, 2.75) is 32.7 Å². The first-order valence-electron chi connectivity index (χ1n) is 6.45. The van der Waals surface area contributed by atoms with Crippen LogP contribution < -0.4 is 10.1 Å².